The van der Waals surface area contributed by atoms with E-state index in [1.807, 2.05) is 31.2 Å². The van der Waals surface area contributed by atoms with Gasteiger partial charge in [0.2, 0.25) is 0 Å². The Kier molecular flexibility index (Phi) is 9.28. The molecule has 0 bridgehead atoms. The van der Waals surface area contributed by atoms with Gasteiger partial charge in [0.1, 0.15) is 11.5 Å². The number of thiocarbonyl (C=S) groups is 1. The number of hydrogen-bond donors (Lipinski definition) is 2. The lowest BCUT2D eigenvalue weighted by atomic mass is 10.2. The van der Waals surface area contributed by atoms with Crippen molar-refractivity contribution in [2.75, 3.05) is 18.5 Å². The first-order chi connectivity index (χ1) is 13.6. The summed E-state index contributed by atoms with van der Waals surface area (Å²) in [7, 11) is 0. The van der Waals surface area contributed by atoms with E-state index in [-0.39, 0.29) is 11.0 Å². The minimum atomic E-state index is -0.270. The van der Waals surface area contributed by atoms with Crippen LogP contribution in [0, 0.1) is 0 Å². The first kappa shape index (κ1) is 21.7. The third-order valence-corrected chi connectivity index (χ3v) is 4.22. The van der Waals surface area contributed by atoms with E-state index in [0.717, 1.165) is 23.6 Å². The van der Waals surface area contributed by atoms with Crippen molar-refractivity contribution < 1.29 is 14.3 Å². The van der Waals surface area contributed by atoms with Crippen molar-refractivity contribution in [1.29, 1.82) is 0 Å². The fourth-order valence-electron chi connectivity index (χ4n) is 2.59. The minimum Gasteiger partial charge on any atom is -0.494 e. The lowest BCUT2D eigenvalue weighted by Gasteiger charge is -2.11. The van der Waals surface area contributed by atoms with Crippen molar-refractivity contribution in [3.05, 3.63) is 54.1 Å². The molecule has 0 aliphatic carbocycles. The topological polar surface area (TPSA) is 59.6 Å². The van der Waals surface area contributed by atoms with Crippen LogP contribution in [0.4, 0.5) is 5.69 Å². The lowest BCUT2D eigenvalue weighted by Crippen LogP contribution is -2.34. The molecule has 2 aromatic carbocycles. The summed E-state index contributed by atoms with van der Waals surface area (Å²) in [4.78, 5) is 12.4. The van der Waals surface area contributed by atoms with E-state index in [2.05, 4.69) is 17.6 Å². The Morgan fingerprint density at radius 2 is 1.75 bits per heavy atom. The average molecular weight is 401 g/mol. The van der Waals surface area contributed by atoms with Crippen LogP contribution in [0.3, 0.4) is 0 Å². The van der Waals surface area contributed by atoms with Crippen LogP contribution in [0.25, 0.3) is 0 Å². The average Bonchev–Trinajstić information content (AvgIpc) is 2.68. The number of carbonyl (C=O) groups excluding carboxylic acids is 1. The zero-order valence-corrected chi connectivity index (χ0v) is 17.3. The van der Waals surface area contributed by atoms with Gasteiger partial charge >= 0.3 is 0 Å². The third kappa shape index (κ3) is 7.56. The molecule has 0 radical (unpaired) electrons. The Morgan fingerprint density at radius 1 is 0.964 bits per heavy atom. The summed E-state index contributed by atoms with van der Waals surface area (Å²) >= 11 is 5.23. The van der Waals surface area contributed by atoms with Crippen molar-refractivity contribution in [1.82, 2.24) is 5.32 Å². The molecule has 5 nitrogen and oxygen atoms in total. The maximum Gasteiger partial charge on any atom is 0.257 e. The van der Waals surface area contributed by atoms with Crippen LogP contribution in [-0.2, 0) is 0 Å². The predicted octanol–water partition coefficient (Wildman–Crippen LogP) is 5.17. The highest BCUT2D eigenvalue weighted by molar-refractivity contribution is 7.80. The van der Waals surface area contributed by atoms with Crippen LogP contribution in [0.1, 0.15) is 49.9 Å². The Labute approximate surface area is 172 Å². The van der Waals surface area contributed by atoms with Crippen molar-refractivity contribution >= 4 is 28.9 Å². The molecule has 0 unspecified atom stereocenters. The first-order valence-electron chi connectivity index (χ1n) is 9.70. The standard InChI is InChI=1S/C22H28N2O3S/c1-3-5-6-7-15-27-19-13-11-17(12-14-19)21(25)24-22(28)23-18-9-8-10-20(16-18)26-4-2/h8-14,16H,3-7,15H2,1-2H3,(H2,23,24,25,28). The van der Waals surface area contributed by atoms with Gasteiger partial charge in [0.25, 0.3) is 5.91 Å². The molecule has 6 heteroatoms. The molecule has 0 heterocycles. The summed E-state index contributed by atoms with van der Waals surface area (Å²) in [6.07, 6.45) is 4.65. The number of hydrogen-bond acceptors (Lipinski definition) is 4. The highest BCUT2D eigenvalue weighted by Gasteiger charge is 2.08. The molecule has 28 heavy (non-hydrogen) atoms. The van der Waals surface area contributed by atoms with E-state index in [4.69, 9.17) is 21.7 Å². The molecule has 0 aromatic heterocycles. The number of nitrogens with one attached hydrogen (secondary N) is 2. The zero-order chi connectivity index (χ0) is 20.2. The van der Waals surface area contributed by atoms with Gasteiger partial charge < -0.3 is 14.8 Å². The van der Waals surface area contributed by atoms with Gasteiger partial charge in [0, 0.05) is 17.3 Å². The van der Waals surface area contributed by atoms with Crippen LogP contribution in [0.2, 0.25) is 0 Å². The molecule has 0 spiro atoms. The van der Waals surface area contributed by atoms with Crippen LogP contribution in [0.5, 0.6) is 11.5 Å². The molecule has 2 rings (SSSR count). The van der Waals surface area contributed by atoms with Gasteiger partial charge in [0.05, 0.1) is 13.2 Å². The smallest absolute Gasteiger partial charge is 0.257 e. The Hall–Kier alpha value is -2.60. The van der Waals surface area contributed by atoms with E-state index < -0.39 is 0 Å². The van der Waals surface area contributed by atoms with E-state index in [0.29, 0.717) is 18.8 Å². The maximum absolute atomic E-state index is 12.4. The Bertz CT molecular complexity index is 763. The molecule has 0 aliphatic rings. The van der Waals surface area contributed by atoms with Gasteiger partial charge in [-0.05, 0) is 62.0 Å². The maximum atomic E-state index is 12.4. The molecule has 1 amide bonds. The third-order valence-electron chi connectivity index (χ3n) is 4.01. The quantitative estimate of drug-likeness (QED) is 0.425. The number of anilines is 1. The highest BCUT2D eigenvalue weighted by atomic mass is 32.1. The van der Waals surface area contributed by atoms with Crippen molar-refractivity contribution in [3.63, 3.8) is 0 Å². The van der Waals surface area contributed by atoms with Gasteiger partial charge in [-0.25, -0.2) is 0 Å². The second kappa shape index (κ2) is 12.0. The van der Waals surface area contributed by atoms with Gasteiger partial charge in [-0.1, -0.05) is 32.3 Å². The molecule has 150 valence electrons. The molecular weight excluding hydrogens is 372 g/mol. The highest BCUT2D eigenvalue weighted by Crippen LogP contribution is 2.17. The summed E-state index contributed by atoms with van der Waals surface area (Å²) in [6, 6.07) is 14.5. The fraction of sp³-hybridized carbons (Fsp3) is 0.364. The molecule has 0 atom stereocenters. The van der Waals surface area contributed by atoms with Crippen LogP contribution in [-0.4, -0.2) is 24.2 Å². The zero-order valence-electron chi connectivity index (χ0n) is 16.5. The van der Waals surface area contributed by atoms with Gasteiger partial charge in [-0.3, -0.25) is 10.1 Å². The molecule has 0 fully saturated rings. The van der Waals surface area contributed by atoms with Crippen LogP contribution in [0.15, 0.2) is 48.5 Å². The number of rotatable bonds is 10. The molecule has 2 N–H and O–H groups in total. The molecule has 0 saturated heterocycles. The summed E-state index contributed by atoms with van der Waals surface area (Å²) in [6.45, 7) is 5.39. The van der Waals surface area contributed by atoms with E-state index in [9.17, 15) is 4.79 Å². The van der Waals surface area contributed by atoms with Crippen LogP contribution < -0.4 is 20.1 Å². The second-order valence-corrected chi connectivity index (χ2v) is 6.71. The summed E-state index contributed by atoms with van der Waals surface area (Å²) in [5, 5.41) is 5.91. The van der Waals surface area contributed by atoms with Crippen molar-refractivity contribution in [2.45, 2.75) is 39.5 Å². The summed E-state index contributed by atoms with van der Waals surface area (Å²) in [5.41, 5.74) is 1.27. The Morgan fingerprint density at radius 3 is 2.46 bits per heavy atom. The molecule has 0 saturated carbocycles. The van der Waals surface area contributed by atoms with Gasteiger partial charge in [0.15, 0.2) is 5.11 Å². The fourth-order valence-corrected chi connectivity index (χ4v) is 2.80. The number of amides is 1. The molecule has 0 aliphatic heterocycles. The SMILES string of the molecule is CCCCCCOc1ccc(C(=O)NC(=S)Nc2cccc(OCC)c2)cc1. The van der Waals surface area contributed by atoms with E-state index in [1.54, 1.807) is 24.3 Å². The summed E-state index contributed by atoms with van der Waals surface area (Å²) < 4.78 is 11.2. The Balaban J connectivity index is 1.81. The van der Waals surface area contributed by atoms with Crippen molar-refractivity contribution in [3.8, 4) is 11.5 Å². The largest absolute Gasteiger partial charge is 0.494 e. The van der Waals surface area contributed by atoms with Gasteiger partial charge in [-0.15, -0.1) is 0 Å². The van der Waals surface area contributed by atoms with Crippen LogP contribution >= 0.6 is 12.2 Å². The molecular formula is C22H28N2O3S. The summed E-state index contributed by atoms with van der Waals surface area (Å²) in [5.74, 6) is 1.24. The number of ether oxygens (including phenoxy) is 2. The molecule has 2 aromatic rings. The second-order valence-electron chi connectivity index (χ2n) is 6.30. The lowest BCUT2D eigenvalue weighted by molar-refractivity contribution is 0.0977. The minimum absolute atomic E-state index is 0.231. The first-order valence-corrected chi connectivity index (χ1v) is 10.1. The monoisotopic (exact) mass is 400 g/mol. The number of carbonyl (C=O) groups is 1. The van der Waals surface area contributed by atoms with Gasteiger partial charge in [-0.2, -0.15) is 0 Å². The van der Waals surface area contributed by atoms with Crippen molar-refractivity contribution in [2.24, 2.45) is 0 Å². The van der Waals surface area contributed by atoms with E-state index >= 15 is 0 Å². The number of unbranched alkanes of at least 4 members (excludes halogenated alkanes) is 3. The predicted molar refractivity (Wildman–Crippen MR) is 117 cm³/mol. The normalized spacial score (nSPS) is 10.2. The number of benzene rings is 2. The van der Waals surface area contributed by atoms with E-state index in [1.165, 1.54) is 19.3 Å².